The minimum Gasteiger partial charge on any atom is -0.309 e. The number of rotatable bonds is 7. The summed E-state index contributed by atoms with van der Waals surface area (Å²) in [6.07, 6.45) is 0. The van der Waals surface area contributed by atoms with Crippen molar-refractivity contribution in [3.8, 4) is 51.2 Å². The highest BCUT2D eigenvalue weighted by Gasteiger charge is 2.24. The van der Waals surface area contributed by atoms with Crippen LogP contribution < -0.4 is 0 Å². The van der Waals surface area contributed by atoms with Gasteiger partial charge in [-0.15, -0.1) is 0 Å². The molecule has 0 aliphatic heterocycles. The van der Waals surface area contributed by atoms with Crippen molar-refractivity contribution in [1.82, 2.24) is 32.8 Å². The van der Waals surface area contributed by atoms with Crippen LogP contribution in [0.5, 0.6) is 0 Å². The summed E-state index contributed by atoms with van der Waals surface area (Å²) in [5, 5.41) is 11.8. The highest BCUT2D eigenvalue weighted by atomic mass is 15.2. The smallest absolute Gasteiger partial charge is 0.238 e. The number of para-hydroxylation sites is 8. The Labute approximate surface area is 475 Å². The van der Waals surface area contributed by atoms with Crippen LogP contribution in [0.4, 0.5) is 0 Å². The van der Waals surface area contributed by atoms with Crippen LogP contribution in [0.1, 0.15) is 0 Å². The Bertz CT molecular complexity index is 5240. The third-order valence-electron chi connectivity index (χ3n) is 17.3. The van der Waals surface area contributed by atoms with Crippen LogP contribution in [0.25, 0.3) is 160 Å². The molecule has 0 radical (unpaired) electrons. The van der Waals surface area contributed by atoms with Gasteiger partial charge in [0.2, 0.25) is 5.95 Å². The SMILES string of the molecule is c1ccc(-n2c3ccccc3c3cc(-c4ccc5c(c4)c4cc(-c6ccc7c(c6)c6ccccc6n7-c6ccccc6)ccc4n5-c4nc(-n5c6ccccc6c6ccccc65)cc(-n5c6ccccc6c6ccccc65)n4)ccc32)cc1. The van der Waals surface area contributed by atoms with Crippen LogP contribution in [0, 0.1) is 0 Å². The van der Waals surface area contributed by atoms with Crippen molar-refractivity contribution >= 4 is 109 Å². The molecule has 0 aliphatic carbocycles. The van der Waals surface area contributed by atoms with Crippen LogP contribution in [0.3, 0.4) is 0 Å². The first-order valence-corrected chi connectivity index (χ1v) is 28.3. The Morgan fingerprint density at radius 1 is 0.181 bits per heavy atom. The van der Waals surface area contributed by atoms with Crippen LogP contribution in [0.2, 0.25) is 0 Å². The molecule has 0 unspecified atom stereocenters. The number of hydrogen-bond donors (Lipinski definition) is 0. The van der Waals surface area contributed by atoms with Gasteiger partial charge in [-0.2, -0.15) is 9.97 Å². The highest BCUT2D eigenvalue weighted by Crippen LogP contribution is 2.42. The molecule has 18 rings (SSSR count). The van der Waals surface area contributed by atoms with E-state index in [2.05, 4.69) is 308 Å². The topological polar surface area (TPSA) is 50.4 Å². The van der Waals surface area contributed by atoms with Gasteiger partial charge in [0, 0.05) is 71.3 Å². The summed E-state index contributed by atoms with van der Waals surface area (Å²) in [5.74, 6) is 2.13. The van der Waals surface area contributed by atoms with Gasteiger partial charge in [0.15, 0.2) is 0 Å². The van der Waals surface area contributed by atoms with Crippen LogP contribution in [-0.2, 0) is 0 Å². The van der Waals surface area contributed by atoms with Gasteiger partial charge in [0.1, 0.15) is 11.6 Å². The summed E-state index contributed by atoms with van der Waals surface area (Å²) in [7, 11) is 0. The predicted octanol–water partition coefficient (Wildman–Crippen LogP) is 19.3. The van der Waals surface area contributed by atoms with Crippen molar-refractivity contribution in [3.05, 3.63) is 285 Å². The van der Waals surface area contributed by atoms with Gasteiger partial charge >= 0.3 is 0 Å². The van der Waals surface area contributed by atoms with Crippen LogP contribution >= 0.6 is 0 Å². The largest absolute Gasteiger partial charge is 0.309 e. The maximum absolute atomic E-state index is 5.73. The average Bonchev–Trinajstić information content (AvgIpc) is 2.47. The van der Waals surface area contributed by atoms with Crippen LogP contribution in [-0.4, -0.2) is 32.8 Å². The summed E-state index contributed by atoms with van der Waals surface area (Å²) >= 11 is 0. The van der Waals surface area contributed by atoms with Gasteiger partial charge in [0.25, 0.3) is 0 Å². The molecule has 0 bridgehead atoms. The summed E-state index contributed by atoms with van der Waals surface area (Å²) in [6.45, 7) is 0. The van der Waals surface area contributed by atoms with Crippen molar-refractivity contribution in [2.45, 2.75) is 0 Å². The summed E-state index contributed by atoms with van der Waals surface area (Å²) in [6, 6.07) is 103. The zero-order chi connectivity index (χ0) is 54.3. The number of fused-ring (bicyclic) bond motifs is 15. The third-order valence-corrected chi connectivity index (χ3v) is 17.3. The maximum atomic E-state index is 5.73. The second-order valence-corrected chi connectivity index (χ2v) is 21.8. The summed E-state index contributed by atoms with van der Waals surface area (Å²) < 4.78 is 11.7. The summed E-state index contributed by atoms with van der Waals surface area (Å²) in [4.78, 5) is 11.5. The fourth-order valence-corrected chi connectivity index (χ4v) is 13.7. The number of hydrogen-bond acceptors (Lipinski definition) is 2. The van der Waals surface area contributed by atoms with Gasteiger partial charge in [-0.1, -0.05) is 170 Å². The lowest BCUT2D eigenvalue weighted by Gasteiger charge is -2.15. The van der Waals surface area contributed by atoms with E-state index in [4.69, 9.17) is 9.97 Å². The molecule has 18 aromatic rings. The molecule has 6 aromatic heterocycles. The predicted molar refractivity (Wildman–Crippen MR) is 345 cm³/mol. The van der Waals surface area contributed by atoms with E-state index in [1.54, 1.807) is 0 Å². The first kappa shape index (κ1) is 45.6. The third kappa shape index (κ3) is 6.73. The molecular formula is C76H47N7. The van der Waals surface area contributed by atoms with Gasteiger partial charge < -0.3 is 9.13 Å². The standard InChI is InChI=1S/C76H47N7/c1-3-19-52(20-4-1)79-64-29-13-11-27-58(64)60-43-48(35-39-70(60)79)50-37-41-72-62(45-50)63-46-51(49-36-40-71-61(44-49)59-28-12-14-30-65(59)80(71)53-21-5-2-6-22-53)38-42-73(63)83(72)76-77-74(81-66-31-15-7-23-54(66)55-24-8-16-32-67(55)81)47-75(78-76)82-68-33-17-9-25-56(68)57-26-10-18-34-69(57)82/h1-47H. The van der Waals surface area contributed by atoms with Gasteiger partial charge in [-0.05, 0) is 131 Å². The molecule has 0 spiro atoms. The highest BCUT2D eigenvalue weighted by molar-refractivity contribution is 6.16. The quantitative estimate of drug-likeness (QED) is 0.160. The Morgan fingerprint density at radius 3 is 0.747 bits per heavy atom. The van der Waals surface area contributed by atoms with Crippen LogP contribution in [0.15, 0.2) is 285 Å². The minimum absolute atomic E-state index is 0.576. The molecule has 0 atom stereocenters. The van der Waals surface area contributed by atoms with E-state index in [0.717, 1.165) is 89.1 Å². The normalized spacial score (nSPS) is 12.1. The van der Waals surface area contributed by atoms with Gasteiger partial charge in [-0.3, -0.25) is 13.7 Å². The average molecular weight is 1060 g/mol. The Hall–Kier alpha value is -11.3. The van der Waals surface area contributed by atoms with E-state index >= 15 is 0 Å². The van der Waals surface area contributed by atoms with E-state index < -0.39 is 0 Å². The van der Waals surface area contributed by atoms with E-state index in [1.165, 1.54) is 65.2 Å². The number of nitrogens with zero attached hydrogens (tertiary/aromatic N) is 7. The molecule has 0 saturated carbocycles. The first-order chi connectivity index (χ1) is 41.2. The molecule has 7 heteroatoms. The molecule has 6 heterocycles. The Kier molecular flexibility index (Phi) is 9.67. The van der Waals surface area contributed by atoms with E-state index in [1.807, 2.05) is 0 Å². The van der Waals surface area contributed by atoms with Crippen molar-refractivity contribution in [2.75, 3.05) is 0 Å². The second-order valence-electron chi connectivity index (χ2n) is 21.8. The fraction of sp³-hybridized carbons (Fsp3) is 0. The molecule has 0 fully saturated rings. The Balaban J connectivity index is 0.905. The van der Waals surface area contributed by atoms with Crippen molar-refractivity contribution in [1.29, 1.82) is 0 Å². The van der Waals surface area contributed by atoms with Crippen molar-refractivity contribution < 1.29 is 0 Å². The summed E-state index contributed by atoms with van der Waals surface area (Å²) in [5.41, 5.74) is 17.9. The van der Waals surface area contributed by atoms with E-state index in [-0.39, 0.29) is 0 Å². The van der Waals surface area contributed by atoms with Gasteiger partial charge in [0.05, 0.1) is 55.2 Å². The zero-order valence-corrected chi connectivity index (χ0v) is 44.8. The molecule has 83 heavy (non-hydrogen) atoms. The molecule has 0 amide bonds. The molecule has 386 valence electrons. The van der Waals surface area contributed by atoms with Gasteiger partial charge in [-0.25, -0.2) is 0 Å². The lowest BCUT2D eigenvalue weighted by molar-refractivity contribution is 0.918. The lowest BCUT2D eigenvalue weighted by Crippen LogP contribution is -2.10. The molecule has 7 nitrogen and oxygen atoms in total. The zero-order valence-electron chi connectivity index (χ0n) is 44.8. The number of benzene rings is 12. The molecule has 0 aliphatic rings. The second kappa shape index (κ2) is 17.6. The van der Waals surface area contributed by atoms with Crippen molar-refractivity contribution in [3.63, 3.8) is 0 Å². The molecular weight excluding hydrogens is 1010 g/mol. The minimum atomic E-state index is 0.576. The van der Waals surface area contributed by atoms with E-state index in [0.29, 0.717) is 5.95 Å². The molecule has 0 N–H and O–H groups in total. The molecule has 0 saturated heterocycles. The van der Waals surface area contributed by atoms with Crippen molar-refractivity contribution in [2.24, 2.45) is 0 Å². The Morgan fingerprint density at radius 2 is 0.422 bits per heavy atom. The fourth-order valence-electron chi connectivity index (χ4n) is 13.7. The number of aromatic nitrogens is 7. The van der Waals surface area contributed by atoms with E-state index in [9.17, 15) is 0 Å². The maximum Gasteiger partial charge on any atom is 0.238 e. The first-order valence-electron chi connectivity index (χ1n) is 28.3. The molecule has 12 aromatic carbocycles. The monoisotopic (exact) mass is 1060 g/mol. The lowest BCUT2D eigenvalue weighted by atomic mass is 9.98.